The van der Waals surface area contributed by atoms with Crippen molar-refractivity contribution in [2.75, 3.05) is 0 Å². The molecule has 0 atom stereocenters. The number of carbonyl (C=O) groups excluding carboxylic acids is 2. The summed E-state index contributed by atoms with van der Waals surface area (Å²) in [5.41, 5.74) is 1.78. The number of rotatable bonds is 1. The van der Waals surface area contributed by atoms with Gasteiger partial charge in [0, 0.05) is 17.3 Å². The van der Waals surface area contributed by atoms with Crippen LogP contribution < -0.4 is 0 Å². The number of hydrogen-bond acceptors (Lipinski definition) is 4. The maximum atomic E-state index is 12.1. The lowest BCUT2D eigenvalue weighted by atomic mass is 10.1. The van der Waals surface area contributed by atoms with Crippen LogP contribution in [0.5, 0.6) is 0 Å². The van der Waals surface area contributed by atoms with Gasteiger partial charge < -0.3 is 9.47 Å². The number of aryl methyl sites for hydroxylation is 1. The lowest BCUT2D eigenvalue weighted by molar-refractivity contribution is -0.232. The van der Waals surface area contributed by atoms with Crippen molar-refractivity contribution in [1.82, 2.24) is 0 Å². The lowest BCUT2D eigenvalue weighted by Crippen LogP contribution is -2.44. The van der Waals surface area contributed by atoms with E-state index < -0.39 is 17.7 Å². The summed E-state index contributed by atoms with van der Waals surface area (Å²) in [6.07, 6.45) is 4.51. The summed E-state index contributed by atoms with van der Waals surface area (Å²) >= 11 is 3.43. The molecule has 0 amide bonds. The molecule has 0 bridgehead atoms. The molecule has 1 heterocycles. The molecule has 0 radical (unpaired) electrons. The Hall–Kier alpha value is -1.62. The molecule has 1 saturated carbocycles. The normalized spacial score (nSPS) is 20.4. The molecule has 0 aromatic heterocycles. The number of halogens is 1. The van der Waals surface area contributed by atoms with Crippen molar-refractivity contribution in [3.8, 4) is 0 Å². The Labute approximate surface area is 131 Å². The van der Waals surface area contributed by atoms with Crippen LogP contribution in [-0.2, 0) is 19.1 Å². The van der Waals surface area contributed by atoms with E-state index in [9.17, 15) is 9.59 Å². The number of benzene rings is 1. The fourth-order valence-corrected chi connectivity index (χ4v) is 3.05. The first-order chi connectivity index (χ1) is 9.99. The highest BCUT2D eigenvalue weighted by Gasteiger charge is 2.47. The number of carbonyl (C=O) groups is 2. The van der Waals surface area contributed by atoms with Crippen molar-refractivity contribution >= 4 is 33.9 Å². The molecule has 3 rings (SSSR count). The largest absolute Gasteiger partial charge is 0.419 e. The number of ether oxygens (including phenoxy) is 2. The zero-order chi connectivity index (χ0) is 15.0. The van der Waals surface area contributed by atoms with E-state index in [0.29, 0.717) is 12.8 Å². The van der Waals surface area contributed by atoms with Gasteiger partial charge >= 0.3 is 11.9 Å². The molecule has 1 aromatic rings. The van der Waals surface area contributed by atoms with E-state index in [-0.39, 0.29) is 5.57 Å². The van der Waals surface area contributed by atoms with Crippen molar-refractivity contribution in [2.45, 2.75) is 38.4 Å². The zero-order valence-electron chi connectivity index (χ0n) is 11.6. The molecule has 1 aliphatic carbocycles. The van der Waals surface area contributed by atoms with E-state index >= 15 is 0 Å². The zero-order valence-corrected chi connectivity index (χ0v) is 13.2. The van der Waals surface area contributed by atoms with Gasteiger partial charge in [-0.05, 0) is 43.0 Å². The van der Waals surface area contributed by atoms with Crippen molar-refractivity contribution in [3.63, 3.8) is 0 Å². The molecule has 1 aromatic carbocycles. The maximum Gasteiger partial charge on any atom is 0.348 e. The summed E-state index contributed by atoms with van der Waals surface area (Å²) in [6, 6.07) is 5.60. The van der Waals surface area contributed by atoms with Crippen LogP contribution in [0.2, 0.25) is 0 Å². The first kappa shape index (κ1) is 14.3. The van der Waals surface area contributed by atoms with Crippen molar-refractivity contribution in [3.05, 3.63) is 39.4 Å². The molecule has 110 valence electrons. The van der Waals surface area contributed by atoms with Crippen molar-refractivity contribution < 1.29 is 19.1 Å². The van der Waals surface area contributed by atoms with E-state index in [1.54, 1.807) is 0 Å². The van der Waals surface area contributed by atoms with Crippen molar-refractivity contribution in [1.29, 1.82) is 0 Å². The highest BCUT2D eigenvalue weighted by Crippen LogP contribution is 2.38. The van der Waals surface area contributed by atoms with Gasteiger partial charge in [-0.1, -0.05) is 28.1 Å². The Morgan fingerprint density at radius 1 is 1.14 bits per heavy atom. The molecule has 0 unspecified atom stereocenters. The molecule has 21 heavy (non-hydrogen) atoms. The fraction of sp³-hybridized carbons (Fsp3) is 0.375. The minimum atomic E-state index is -1.01. The lowest BCUT2D eigenvalue weighted by Gasteiger charge is -2.32. The van der Waals surface area contributed by atoms with Crippen LogP contribution in [0.1, 0.15) is 36.8 Å². The van der Waals surface area contributed by atoms with Crippen molar-refractivity contribution in [2.24, 2.45) is 0 Å². The van der Waals surface area contributed by atoms with Gasteiger partial charge in [-0.25, -0.2) is 9.59 Å². The molecule has 2 aliphatic rings. The molecular weight excluding hydrogens is 336 g/mol. The Balaban J connectivity index is 1.88. The molecular formula is C16H15BrO4. The Morgan fingerprint density at radius 3 is 2.33 bits per heavy atom. The van der Waals surface area contributed by atoms with E-state index in [0.717, 1.165) is 28.4 Å². The molecule has 1 aliphatic heterocycles. The summed E-state index contributed by atoms with van der Waals surface area (Å²) in [6.45, 7) is 1.97. The molecule has 0 N–H and O–H groups in total. The second-order valence-electron chi connectivity index (χ2n) is 5.46. The van der Waals surface area contributed by atoms with Crippen LogP contribution >= 0.6 is 15.9 Å². The predicted molar refractivity (Wildman–Crippen MR) is 80.2 cm³/mol. The first-order valence-corrected chi connectivity index (χ1v) is 7.73. The SMILES string of the molecule is Cc1ccc(C=C2C(=O)OC3(CCCC3)OC2=O)cc1Br. The average molecular weight is 351 g/mol. The van der Waals surface area contributed by atoms with Crippen LogP contribution in [-0.4, -0.2) is 17.7 Å². The quantitative estimate of drug-likeness (QED) is 0.441. The van der Waals surface area contributed by atoms with Crippen LogP contribution in [0, 0.1) is 6.92 Å². The van der Waals surface area contributed by atoms with Crippen LogP contribution in [0.4, 0.5) is 0 Å². The number of esters is 2. The predicted octanol–water partition coefficient (Wildman–Crippen LogP) is 3.51. The highest BCUT2D eigenvalue weighted by molar-refractivity contribution is 9.10. The summed E-state index contributed by atoms with van der Waals surface area (Å²) < 4.78 is 11.7. The average Bonchev–Trinajstić information content (AvgIpc) is 2.86. The summed E-state index contributed by atoms with van der Waals surface area (Å²) in [4.78, 5) is 24.2. The second-order valence-corrected chi connectivity index (χ2v) is 6.32. The molecule has 5 heteroatoms. The van der Waals surface area contributed by atoms with Gasteiger partial charge in [0.2, 0.25) is 0 Å². The van der Waals surface area contributed by atoms with Gasteiger partial charge in [-0.15, -0.1) is 0 Å². The molecule has 2 fully saturated rings. The minimum absolute atomic E-state index is 0.0525. The summed E-state index contributed by atoms with van der Waals surface area (Å²) in [5, 5.41) is 0. The standard InChI is InChI=1S/C16H15BrO4/c1-10-4-5-11(9-13(10)17)8-12-14(18)20-16(21-15(12)19)6-2-3-7-16/h4-5,8-9H,2-3,6-7H2,1H3. The van der Waals surface area contributed by atoms with E-state index in [1.165, 1.54) is 6.08 Å². The Kier molecular flexibility index (Phi) is 3.61. The van der Waals surface area contributed by atoms with Gasteiger partial charge in [0.15, 0.2) is 0 Å². The van der Waals surface area contributed by atoms with E-state index in [2.05, 4.69) is 15.9 Å². The monoisotopic (exact) mass is 350 g/mol. The third-order valence-electron chi connectivity index (χ3n) is 3.87. The van der Waals surface area contributed by atoms with Crippen LogP contribution in [0.3, 0.4) is 0 Å². The van der Waals surface area contributed by atoms with Gasteiger partial charge in [0.05, 0.1) is 0 Å². The summed E-state index contributed by atoms with van der Waals surface area (Å²) in [5.74, 6) is -2.20. The summed E-state index contributed by atoms with van der Waals surface area (Å²) in [7, 11) is 0. The van der Waals surface area contributed by atoms with Crippen LogP contribution in [0.25, 0.3) is 6.08 Å². The fourth-order valence-electron chi connectivity index (χ4n) is 2.65. The number of hydrogen-bond donors (Lipinski definition) is 0. The molecule has 1 saturated heterocycles. The minimum Gasteiger partial charge on any atom is -0.419 e. The first-order valence-electron chi connectivity index (χ1n) is 6.94. The molecule has 1 spiro atoms. The highest BCUT2D eigenvalue weighted by atomic mass is 79.9. The topological polar surface area (TPSA) is 52.6 Å². The Morgan fingerprint density at radius 2 is 1.76 bits per heavy atom. The van der Waals surface area contributed by atoms with Gasteiger partial charge in [-0.3, -0.25) is 0 Å². The van der Waals surface area contributed by atoms with E-state index in [4.69, 9.17) is 9.47 Å². The van der Waals surface area contributed by atoms with Crippen LogP contribution in [0.15, 0.2) is 28.2 Å². The van der Waals surface area contributed by atoms with Gasteiger partial charge in [0.25, 0.3) is 5.79 Å². The Bertz CT molecular complexity index is 620. The smallest absolute Gasteiger partial charge is 0.348 e. The van der Waals surface area contributed by atoms with E-state index in [1.807, 2.05) is 25.1 Å². The third-order valence-corrected chi connectivity index (χ3v) is 4.72. The maximum absolute atomic E-state index is 12.1. The second kappa shape index (κ2) is 5.30. The third kappa shape index (κ3) is 2.75. The van der Waals surface area contributed by atoms with Gasteiger partial charge in [0.1, 0.15) is 5.57 Å². The molecule has 4 nitrogen and oxygen atoms in total. The van der Waals surface area contributed by atoms with Gasteiger partial charge in [-0.2, -0.15) is 0 Å².